The maximum atomic E-state index is 11.7. The summed E-state index contributed by atoms with van der Waals surface area (Å²) < 4.78 is 5.38. The normalized spacial score (nSPS) is 10.4. The van der Waals surface area contributed by atoms with Gasteiger partial charge in [-0.2, -0.15) is 0 Å². The van der Waals surface area contributed by atoms with Crippen LogP contribution in [0.25, 0.3) is 0 Å². The van der Waals surface area contributed by atoms with Crippen LogP contribution in [0.4, 0.5) is 0 Å². The molecule has 1 heterocycles. The number of rotatable bonds is 10. The second kappa shape index (κ2) is 8.29. The highest BCUT2D eigenvalue weighted by atomic mass is 16.3. The fourth-order valence-corrected chi connectivity index (χ4v) is 1.86. The molecule has 0 aromatic carbocycles. The summed E-state index contributed by atoms with van der Waals surface area (Å²) in [5.41, 5.74) is 0. The molecular formula is C16H20O5. The van der Waals surface area contributed by atoms with Crippen molar-refractivity contribution in [1.29, 1.82) is 0 Å². The Labute approximate surface area is 123 Å². The number of hydrogen-bond donors (Lipinski definition) is 0. The summed E-state index contributed by atoms with van der Waals surface area (Å²) in [6.45, 7) is 2.91. The van der Waals surface area contributed by atoms with Gasteiger partial charge in [0.15, 0.2) is 0 Å². The van der Waals surface area contributed by atoms with E-state index in [1.54, 1.807) is 12.1 Å². The minimum Gasteiger partial charge on any atom is -0.465 e. The molecule has 0 unspecified atom stereocenters. The second-order valence-corrected chi connectivity index (χ2v) is 5.20. The van der Waals surface area contributed by atoms with Crippen molar-refractivity contribution in [2.45, 2.75) is 52.4 Å². The van der Waals surface area contributed by atoms with Gasteiger partial charge in [-0.25, -0.2) is 0 Å². The maximum Gasteiger partial charge on any atom is 0.140 e. The van der Waals surface area contributed by atoms with E-state index in [-0.39, 0.29) is 61.7 Å². The van der Waals surface area contributed by atoms with Gasteiger partial charge >= 0.3 is 0 Å². The highest BCUT2D eigenvalue weighted by Gasteiger charge is 2.11. The van der Waals surface area contributed by atoms with Crippen molar-refractivity contribution < 1.29 is 23.6 Å². The molecule has 0 aliphatic heterocycles. The molecule has 0 fully saturated rings. The number of carbonyl (C=O) groups excluding carboxylic acids is 4. The summed E-state index contributed by atoms with van der Waals surface area (Å²) in [6.07, 6.45) is 1.09. The van der Waals surface area contributed by atoms with Crippen LogP contribution < -0.4 is 0 Å². The third-order valence-electron chi connectivity index (χ3n) is 2.95. The predicted molar refractivity (Wildman–Crippen MR) is 76.0 cm³/mol. The maximum absolute atomic E-state index is 11.7. The third-order valence-corrected chi connectivity index (χ3v) is 2.95. The van der Waals surface area contributed by atoms with Gasteiger partial charge in [-0.1, -0.05) is 0 Å². The van der Waals surface area contributed by atoms with Crippen molar-refractivity contribution in [1.82, 2.24) is 0 Å². The van der Waals surface area contributed by atoms with Crippen molar-refractivity contribution in [2.75, 3.05) is 0 Å². The summed E-state index contributed by atoms with van der Waals surface area (Å²) in [5.74, 6) is 0.863. The number of Topliss-reactive ketones (excluding diaryl/α,β-unsaturated/α-hetero) is 4. The smallest absolute Gasteiger partial charge is 0.140 e. The van der Waals surface area contributed by atoms with E-state index >= 15 is 0 Å². The minimum atomic E-state index is -0.0881. The summed E-state index contributed by atoms with van der Waals surface area (Å²) in [4.78, 5) is 44.9. The Kier molecular flexibility index (Phi) is 6.72. The van der Waals surface area contributed by atoms with Crippen LogP contribution in [0.1, 0.15) is 51.1 Å². The van der Waals surface area contributed by atoms with Crippen molar-refractivity contribution in [2.24, 2.45) is 0 Å². The summed E-state index contributed by atoms with van der Waals surface area (Å²) in [6, 6.07) is 3.36. The van der Waals surface area contributed by atoms with Gasteiger partial charge in [-0.05, 0) is 26.0 Å². The molecule has 0 aliphatic rings. The molecule has 0 saturated carbocycles. The van der Waals surface area contributed by atoms with E-state index in [2.05, 4.69) is 0 Å². The van der Waals surface area contributed by atoms with Gasteiger partial charge in [0.25, 0.3) is 0 Å². The first-order valence-electron chi connectivity index (χ1n) is 6.96. The molecular weight excluding hydrogens is 272 g/mol. The third kappa shape index (κ3) is 7.34. The number of ketones is 4. The molecule has 21 heavy (non-hydrogen) atoms. The highest BCUT2D eigenvalue weighted by Crippen LogP contribution is 2.11. The molecule has 0 amide bonds. The van der Waals surface area contributed by atoms with E-state index in [0.29, 0.717) is 11.5 Å². The molecule has 1 aromatic rings. The monoisotopic (exact) mass is 292 g/mol. The summed E-state index contributed by atoms with van der Waals surface area (Å²) >= 11 is 0. The first kappa shape index (κ1) is 17.0. The molecule has 0 bridgehead atoms. The first-order chi connectivity index (χ1) is 9.86. The van der Waals surface area contributed by atoms with Gasteiger partial charge in [-0.15, -0.1) is 0 Å². The summed E-state index contributed by atoms with van der Waals surface area (Å²) in [5, 5.41) is 0. The summed E-state index contributed by atoms with van der Waals surface area (Å²) in [7, 11) is 0. The van der Waals surface area contributed by atoms with Gasteiger partial charge in [-0.3, -0.25) is 14.4 Å². The van der Waals surface area contributed by atoms with Gasteiger partial charge in [0.2, 0.25) is 0 Å². The van der Waals surface area contributed by atoms with Crippen LogP contribution in [-0.4, -0.2) is 23.1 Å². The predicted octanol–water partition coefficient (Wildman–Crippen LogP) is 2.24. The molecule has 0 atom stereocenters. The Hall–Kier alpha value is -2.04. The van der Waals surface area contributed by atoms with Crippen molar-refractivity contribution in [3.8, 4) is 0 Å². The fourth-order valence-electron chi connectivity index (χ4n) is 1.86. The Morgan fingerprint density at radius 1 is 0.762 bits per heavy atom. The molecule has 5 nitrogen and oxygen atoms in total. The van der Waals surface area contributed by atoms with Crippen LogP contribution in [0.15, 0.2) is 16.5 Å². The lowest BCUT2D eigenvalue weighted by atomic mass is 10.1. The Morgan fingerprint density at radius 2 is 1.29 bits per heavy atom. The lowest BCUT2D eigenvalue weighted by Crippen LogP contribution is -2.07. The lowest BCUT2D eigenvalue weighted by Gasteiger charge is -1.99. The molecule has 5 heteroatoms. The van der Waals surface area contributed by atoms with Crippen molar-refractivity contribution >= 4 is 23.1 Å². The zero-order valence-corrected chi connectivity index (χ0v) is 12.4. The average molecular weight is 292 g/mol. The van der Waals surface area contributed by atoms with Crippen LogP contribution in [0.2, 0.25) is 0 Å². The number of hydrogen-bond acceptors (Lipinski definition) is 5. The molecule has 1 aromatic heterocycles. The molecule has 0 spiro atoms. The zero-order valence-electron chi connectivity index (χ0n) is 12.4. The molecule has 0 saturated heterocycles. The highest BCUT2D eigenvalue weighted by molar-refractivity contribution is 5.89. The molecule has 0 radical (unpaired) electrons. The van der Waals surface area contributed by atoms with Crippen LogP contribution in [0.5, 0.6) is 0 Å². The van der Waals surface area contributed by atoms with Crippen molar-refractivity contribution in [3.63, 3.8) is 0 Å². The lowest BCUT2D eigenvalue weighted by molar-refractivity contribution is -0.125. The quantitative estimate of drug-likeness (QED) is 0.660. The van der Waals surface area contributed by atoms with E-state index in [9.17, 15) is 19.2 Å². The topological polar surface area (TPSA) is 81.4 Å². The average Bonchev–Trinajstić information content (AvgIpc) is 2.80. The first-order valence-corrected chi connectivity index (χ1v) is 6.96. The van der Waals surface area contributed by atoms with Crippen LogP contribution in [0.3, 0.4) is 0 Å². The Bertz CT molecular complexity index is 539. The van der Waals surface area contributed by atoms with Gasteiger partial charge in [0, 0.05) is 25.7 Å². The largest absolute Gasteiger partial charge is 0.465 e. The fraction of sp³-hybridized carbons (Fsp3) is 0.500. The molecule has 1 rings (SSSR count). The van der Waals surface area contributed by atoms with Crippen LogP contribution in [-0.2, 0) is 32.0 Å². The zero-order chi connectivity index (χ0) is 15.8. The van der Waals surface area contributed by atoms with Gasteiger partial charge in [0.1, 0.15) is 34.7 Å². The van der Waals surface area contributed by atoms with Gasteiger partial charge in [0.05, 0.1) is 12.8 Å². The molecule has 0 N–H and O–H groups in total. The van der Waals surface area contributed by atoms with Gasteiger partial charge < -0.3 is 9.21 Å². The minimum absolute atomic E-state index is 0.00158. The number of carbonyl (C=O) groups is 4. The number of furan rings is 1. The Morgan fingerprint density at radius 3 is 1.86 bits per heavy atom. The SMILES string of the molecule is CC(=O)CCC(=O)CCC(=O)Cc1ccc(CC(C)=O)o1. The molecule has 0 aliphatic carbocycles. The van der Waals surface area contributed by atoms with E-state index in [0.717, 1.165) is 0 Å². The van der Waals surface area contributed by atoms with Crippen LogP contribution >= 0.6 is 0 Å². The Balaban J connectivity index is 2.33. The van der Waals surface area contributed by atoms with E-state index in [4.69, 9.17) is 4.42 Å². The van der Waals surface area contributed by atoms with Crippen LogP contribution in [0, 0.1) is 0 Å². The van der Waals surface area contributed by atoms with E-state index in [1.165, 1.54) is 13.8 Å². The second-order valence-electron chi connectivity index (χ2n) is 5.20. The van der Waals surface area contributed by atoms with E-state index in [1.807, 2.05) is 0 Å². The standard InChI is InChI=1S/C16H20O5/c1-11(17)3-4-13(19)5-6-14(20)10-16-8-7-15(21-16)9-12(2)18/h7-8H,3-6,9-10H2,1-2H3. The molecule has 114 valence electrons. The van der Waals surface area contributed by atoms with E-state index < -0.39 is 0 Å². The van der Waals surface area contributed by atoms with Crippen molar-refractivity contribution in [3.05, 3.63) is 23.7 Å².